The fourth-order valence-corrected chi connectivity index (χ4v) is 1.08. The molecule has 0 heterocycles. The number of hydrogen-bond acceptors (Lipinski definition) is 2. The molecular formula is C9H18N2. The largest absolute Gasteiger partial charge is 0.268 e. The molecule has 0 aliphatic rings. The highest BCUT2D eigenvalue weighted by Gasteiger charge is 2.07. The van der Waals surface area contributed by atoms with Crippen LogP contribution in [0.3, 0.4) is 0 Å². The molecule has 0 aromatic rings. The first-order valence-electron chi connectivity index (χ1n) is 4.08. The van der Waals surface area contributed by atoms with Gasteiger partial charge in [0, 0.05) is 18.5 Å². The molecule has 0 aliphatic carbocycles. The predicted molar refractivity (Wildman–Crippen MR) is 50.6 cm³/mol. The second kappa shape index (κ2) is 4.94. The molecule has 0 bridgehead atoms. The molecule has 2 heteroatoms. The van der Waals surface area contributed by atoms with Crippen molar-refractivity contribution in [3.8, 4) is 0 Å². The quantitative estimate of drug-likeness (QED) is 0.449. The van der Waals surface area contributed by atoms with Crippen LogP contribution in [0, 0.1) is 0 Å². The minimum absolute atomic E-state index is 0.402. The third kappa shape index (κ3) is 2.74. The molecule has 0 fully saturated rings. The van der Waals surface area contributed by atoms with Crippen LogP contribution in [0.5, 0.6) is 0 Å². The summed E-state index contributed by atoms with van der Waals surface area (Å²) in [5, 5.41) is 5.89. The monoisotopic (exact) mass is 154 g/mol. The highest BCUT2D eigenvalue weighted by Crippen LogP contribution is 2.12. The van der Waals surface area contributed by atoms with E-state index in [-0.39, 0.29) is 0 Å². The zero-order valence-electron chi connectivity index (χ0n) is 7.96. The lowest BCUT2D eigenvalue weighted by atomic mass is 10.2. The van der Waals surface area contributed by atoms with Gasteiger partial charge < -0.3 is 0 Å². The standard InChI is InChI=1S/C9H18N2/c1-6-9(7-2)11(10-5)8(3)4/h6,8H,5,7H2,1-4H3/b9-6-. The van der Waals surface area contributed by atoms with Crippen LogP contribution in [0.25, 0.3) is 0 Å². The molecular weight excluding hydrogens is 136 g/mol. The van der Waals surface area contributed by atoms with Crippen molar-refractivity contribution < 1.29 is 0 Å². The Morgan fingerprint density at radius 3 is 2.27 bits per heavy atom. The maximum absolute atomic E-state index is 3.94. The fraction of sp³-hybridized carbons (Fsp3) is 0.667. The third-order valence-corrected chi connectivity index (χ3v) is 1.63. The molecule has 0 radical (unpaired) electrons. The molecule has 0 spiro atoms. The van der Waals surface area contributed by atoms with E-state index in [0.717, 1.165) is 6.42 Å². The summed E-state index contributed by atoms with van der Waals surface area (Å²) in [6, 6.07) is 0.402. The third-order valence-electron chi connectivity index (χ3n) is 1.63. The topological polar surface area (TPSA) is 15.6 Å². The van der Waals surface area contributed by atoms with Gasteiger partial charge in [0.1, 0.15) is 0 Å². The van der Waals surface area contributed by atoms with Gasteiger partial charge in [-0.1, -0.05) is 13.0 Å². The summed E-state index contributed by atoms with van der Waals surface area (Å²) in [4.78, 5) is 0. The lowest BCUT2D eigenvalue weighted by Gasteiger charge is -2.24. The Hall–Kier alpha value is -0.790. The van der Waals surface area contributed by atoms with Crippen molar-refractivity contribution in [2.45, 2.75) is 40.2 Å². The SMILES string of the molecule is C=NN(/C(=C\C)CC)C(C)C. The van der Waals surface area contributed by atoms with Gasteiger partial charge in [-0.3, -0.25) is 5.01 Å². The van der Waals surface area contributed by atoms with Crippen LogP contribution in [-0.4, -0.2) is 17.8 Å². The average molecular weight is 154 g/mol. The molecule has 0 amide bonds. The molecule has 0 rings (SSSR count). The lowest BCUT2D eigenvalue weighted by Crippen LogP contribution is -2.23. The van der Waals surface area contributed by atoms with E-state index in [0.29, 0.717) is 6.04 Å². The normalized spacial score (nSPS) is 11.9. The van der Waals surface area contributed by atoms with Gasteiger partial charge in [0.2, 0.25) is 0 Å². The first-order valence-corrected chi connectivity index (χ1v) is 4.08. The van der Waals surface area contributed by atoms with E-state index < -0.39 is 0 Å². The Kier molecular flexibility index (Phi) is 4.59. The zero-order chi connectivity index (χ0) is 8.85. The van der Waals surface area contributed by atoms with Crippen molar-refractivity contribution in [3.63, 3.8) is 0 Å². The number of hydrazone groups is 1. The van der Waals surface area contributed by atoms with Crippen molar-refractivity contribution in [2.24, 2.45) is 5.10 Å². The Labute approximate surface area is 69.6 Å². The van der Waals surface area contributed by atoms with E-state index >= 15 is 0 Å². The smallest absolute Gasteiger partial charge is 0.0465 e. The van der Waals surface area contributed by atoms with Gasteiger partial charge in [0.25, 0.3) is 0 Å². The maximum atomic E-state index is 3.94. The van der Waals surface area contributed by atoms with Gasteiger partial charge in [-0.2, -0.15) is 5.10 Å². The summed E-state index contributed by atoms with van der Waals surface area (Å²) in [6.07, 6.45) is 3.09. The highest BCUT2D eigenvalue weighted by atomic mass is 15.5. The Morgan fingerprint density at radius 2 is 2.18 bits per heavy atom. The predicted octanol–water partition coefficient (Wildman–Crippen LogP) is 2.63. The maximum Gasteiger partial charge on any atom is 0.0465 e. The lowest BCUT2D eigenvalue weighted by molar-refractivity contribution is 0.292. The van der Waals surface area contributed by atoms with E-state index in [1.165, 1.54) is 5.70 Å². The van der Waals surface area contributed by atoms with Crippen molar-refractivity contribution in [3.05, 3.63) is 11.8 Å². The van der Waals surface area contributed by atoms with E-state index in [1.807, 2.05) is 11.9 Å². The van der Waals surface area contributed by atoms with Crippen LogP contribution < -0.4 is 0 Å². The number of hydrogen-bond donors (Lipinski definition) is 0. The molecule has 0 unspecified atom stereocenters. The molecule has 0 atom stereocenters. The Bertz CT molecular complexity index is 148. The molecule has 64 valence electrons. The van der Waals surface area contributed by atoms with Gasteiger partial charge in [-0.15, -0.1) is 0 Å². The van der Waals surface area contributed by atoms with Crippen molar-refractivity contribution in [1.82, 2.24) is 5.01 Å². The van der Waals surface area contributed by atoms with E-state index in [1.54, 1.807) is 0 Å². The van der Waals surface area contributed by atoms with Crippen LogP contribution in [0.15, 0.2) is 16.9 Å². The second-order valence-electron chi connectivity index (χ2n) is 2.71. The van der Waals surface area contributed by atoms with Gasteiger partial charge in [0.05, 0.1) is 0 Å². The summed E-state index contributed by atoms with van der Waals surface area (Å²) in [5.41, 5.74) is 1.23. The fourth-order valence-electron chi connectivity index (χ4n) is 1.08. The van der Waals surface area contributed by atoms with Crippen LogP contribution in [0.2, 0.25) is 0 Å². The molecule has 2 nitrogen and oxygen atoms in total. The number of rotatable bonds is 4. The van der Waals surface area contributed by atoms with Crippen molar-refractivity contribution in [2.75, 3.05) is 0 Å². The van der Waals surface area contributed by atoms with E-state index in [2.05, 4.69) is 38.7 Å². The first-order chi connectivity index (χ1) is 5.17. The van der Waals surface area contributed by atoms with Crippen LogP contribution in [0.1, 0.15) is 34.1 Å². The average Bonchev–Trinajstić information content (AvgIpc) is 1.99. The summed E-state index contributed by atoms with van der Waals surface area (Å²) in [6.45, 7) is 11.9. The van der Waals surface area contributed by atoms with Crippen LogP contribution in [0.4, 0.5) is 0 Å². The first kappa shape index (κ1) is 10.2. The molecule has 0 N–H and O–H groups in total. The van der Waals surface area contributed by atoms with Crippen LogP contribution >= 0.6 is 0 Å². The number of allylic oxidation sites excluding steroid dienone is 2. The second-order valence-corrected chi connectivity index (χ2v) is 2.71. The van der Waals surface area contributed by atoms with E-state index in [4.69, 9.17) is 0 Å². The molecule has 0 saturated carbocycles. The Balaban J connectivity index is 4.35. The minimum atomic E-state index is 0.402. The molecule has 0 aromatic heterocycles. The van der Waals surface area contributed by atoms with E-state index in [9.17, 15) is 0 Å². The summed E-state index contributed by atoms with van der Waals surface area (Å²) in [7, 11) is 0. The highest BCUT2D eigenvalue weighted by molar-refractivity contribution is 5.23. The summed E-state index contributed by atoms with van der Waals surface area (Å²) in [5.74, 6) is 0. The van der Waals surface area contributed by atoms with Gasteiger partial charge >= 0.3 is 0 Å². The van der Waals surface area contributed by atoms with Crippen molar-refractivity contribution in [1.29, 1.82) is 0 Å². The summed E-state index contributed by atoms with van der Waals surface area (Å²) >= 11 is 0. The van der Waals surface area contributed by atoms with Gasteiger partial charge in [0.15, 0.2) is 0 Å². The molecule has 0 aromatic carbocycles. The minimum Gasteiger partial charge on any atom is -0.268 e. The van der Waals surface area contributed by atoms with Crippen LogP contribution in [-0.2, 0) is 0 Å². The summed E-state index contributed by atoms with van der Waals surface area (Å²) < 4.78 is 0. The molecule has 11 heavy (non-hydrogen) atoms. The van der Waals surface area contributed by atoms with Gasteiger partial charge in [-0.25, -0.2) is 0 Å². The Morgan fingerprint density at radius 1 is 1.64 bits per heavy atom. The molecule has 0 aliphatic heterocycles. The zero-order valence-corrected chi connectivity index (χ0v) is 7.96. The van der Waals surface area contributed by atoms with Crippen molar-refractivity contribution >= 4 is 6.72 Å². The van der Waals surface area contributed by atoms with Gasteiger partial charge in [-0.05, 0) is 27.2 Å². The molecule has 0 saturated heterocycles. The number of nitrogens with zero attached hydrogens (tertiary/aromatic N) is 2.